The van der Waals surface area contributed by atoms with Crippen molar-refractivity contribution < 1.29 is 19.4 Å². The molecule has 34 heavy (non-hydrogen) atoms. The number of fused-ring (bicyclic) bond motifs is 2. The minimum Gasteiger partial charge on any atom is -0.491 e. The number of hydrogen-bond donors (Lipinski definition) is 1. The second-order valence-electron chi connectivity index (χ2n) is 9.81. The Kier molecular flexibility index (Phi) is 7.04. The fourth-order valence-corrected chi connectivity index (χ4v) is 5.31. The number of aliphatic hydroxyl groups is 1. The number of carbonyl (C=O) groups is 1. The monoisotopic (exact) mass is 465 g/mol. The van der Waals surface area contributed by atoms with Crippen molar-refractivity contribution in [2.75, 3.05) is 52.9 Å². The second-order valence-corrected chi connectivity index (χ2v) is 9.81. The lowest BCUT2D eigenvalue weighted by Gasteiger charge is -2.32. The van der Waals surface area contributed by atoms with Crippen LogP contribution in [0.25, 0.3) is 0 Å². The van der Waals surface area contributed by atoms with Gasteiger partial charge in [-0.3, -0.25) is 9.69 Å². The van der Waals surface area contributed by atoms with E-state index >= 15 is 0 Å². The summed E-state index contributed by atoms with van der Waals surface area (Å²) in [5.41, 5.74) is 3.25. The van der Waals surface area contributed by atoms with E-state index in [1.165, 1.54) is 11.1 Å². The Bertz CT molecular complexity index is 1010. The van der Waals surface area contributed by atoms with Gasteiger partial charge < -0.3 is 24.4 Å². The average molecular weight is 466 g/mol. The van der Waals surface area contributed by atoms with Crippen LogP contribution in [0, 0.1) is 0 Å². The third-order valence-corrected chi connectivity index (χ3v) is 7.08. The van der Waals surface area contributed by atoms with Crippen molar-refractivity contribution in [2.45, 2.75) is 38.0 Å². The first-order valence-corrected chi connectivity index (χ1v) is 12.4. The predicted molar refractivity (Wildman–Crippen MR) is 130 cm³/mol. The van der Waals surface area contributed by atoms with Crippen LogP contribution in [0.5, 0.6) is 11.5 Å². The smallest absolute Gasteiger partial charge is 0.257 e. The number of rotatable bonds is 6. The maximum absolute atomic E-state index is 13.2. The van der Waals surface area contributed by atoms with Gasteiger partial charge in [-0.15, -0.1) is 0 Å². The molecule has 1 amide bonds. The molecule has 3 aliphatic rings. The van der Waals surface area contributed by atoms with E-state index in [-0.39, 0.29) is 12.0 Å². The Balaban J connectivity index is 1.19. The first kappa shape index (κ1) is 23.1. The summed E-state index contributed by atoms with van der Waals surface area (Å²) in [7, 11) is 2.11. The zero-order chi connectivity index (χ0) is 23.5. The summed E-state index contributed by atoms with van der Waals surface area (Å²) in [4.78, 5) is 19.5. The molecule has 1 N–H and O–H groups in total. The number of likely N-dealkylation sites (N-methyl/N-ethyl adjacent to an activating group) is 1. The number of aliphatic hydroxyl groups excluding tert-OH is 1. The zero-order valence-corrected chi connectivity index (χ0v) is 20.0. The first-order valence-electron chi connectivity index (χ1n) is 12.4. The molecule has 7 heteroatoms. The van der Waals surface area contributed by atoms with E-state index in [0.29, 0.717) is 37.6 Å². The number of amides is 1. The van der Waals surface area contributed by atoms with Crippen LogP contribution in [-0.4, -0.2) is 90.8 Å². The highest BCUT2D eigenvalue weighted by molar-refractivity contribution is 5.97. The van der Waals surface area contributed by atoms with E-state index < -0.39 is 6.10 Å². The van der Waals surface area contributed by atoms with Gasteiger partial charge in [0.15, 0.2) is 0 Å². The predicted octanol–water partition coefficient (Wildman–Crippen LogP) is 2.41. The minimum atomic E-state index is -0.610. The Morgan fingerprint density at radius 1 is 1.12 bits per heavy atom. The molecule has 1 saturated heterocycles. The van der Waals surface area contributed by atoms with Crippen molar-refractivity contribution in [3.8, 4) is 11.5 Å². The number of likely N-dealkylation sites (tertiary alicyclic amines) is 1. The molecule has 5 rings (SSSR count). The molecule has 7 nitrogen and oxygen atoms in total. The van der Waals surface area contributed by atoms with Crippen molar-refractivity contribution in [3.63, 3.8) is 0 Å². The van der Waals surface area contributed by atoms with Crippen molar-refractivity contribution in [3.05, 3.63) is 59.2 Å². The van der Waals surface area contributed by atoms with Gasteiger partial charge in [-0.1, -0.05) is 24.3 Å². The van der Waals surface area contributed by atoms with Crippen LogP contribution in [0.3, 0.4) is 0 Å². The van der Waals surface area contributed by atoms with E-state index in [1.54, 1.807) is 11.0 Å². The van der Waals surface area contributed by atoms with E-state index in [9.17, 15) is 9.90 Å². The quantitative estimate of drug-likeness (QED) is 0.707. The first-order chi connectivity index (χ1) is 16.5. The molecule has 3 heterocycles. The van der Waals surface area contributed by atoms with Crippen molar-refractivity contribution >= 4 is 5.91 Å². The van der Waals surface area contributed by atoms with E-state index in [1.807, 2.05) is 12.1 Å². The van der Waals surface area contributed by atoms with Crippen molar-refractivity contribution in [1.82, 2.24) is 14.7 Å². The number of nitrogens with zero attached hydrogens (tertiary/aromatic N) is 3. The lowest BCUT2D eigenvalue weighted by Crippen LogP contribution is -2.44. The molecule has 2 aromatic carbocycles. The van der Waals surface area contributed by atoms with Gasteiger partial charge in [0.1, 0.15) is 24.2 Å². The highest BCUT2D eigenvalue weighted by Gasteiger charge is 2.28. The van der Waals surface area contributed by atoms with Crippen LogP contribution in [0.2, 0.25) is 0 Å². The third kappa shape index (κ3) is 5.37. The van der Waals surface area contributed by atoms with Crippen LogP contribution < -0.4 is 9.47 Å². The van der Waals surface area contributed by atoms with Gasteiger partial charge in [0.2, 0.25) is 0 Å². The Labute approximate surface area is 201 Å². The highest BCUT2D eigenvalue weighted by Crippen LogP contribution is 2.29. The van der Waals surface area contributed by atoms with Crippen LogP contribution in [-0.2, 0) is 13.0 Å². The van der Waals surface area contributed by atoms with Gasteiger partial charge in [0.25, 0.3) is 5.91 Å². The SMILES string of the molecule is CN1CCC[C@@H](Oc2ccc3c(c2)OCCN(CC(O)CN2CCc4ccccc4C2)C3=O)C1. The standard InChI is InChI=1S/C27H35N3O4/c1-28-11-4-7-24(19-28)34-23-8-9-25-26(15-23)33-14-13-30(27(25)32)18-22(31)17-29-12-10-20-5-2-3-6-21(20)16-29/h2-3,5-6,8-9,15,22,24,31H,4,7,10-14,16-19H2,1H3/t22?,24-/m1/s1. The summed E-state index contributed by atoms with van der Waals surface area (Å²) in [6, 6.07) is 14.0. The zero-order valence-electron chi connectivity index (χ0n) is 20.0. The Hall–Kier alpha value is -2.61. The van der Waals surface area contributed by atoms with Gasteiger partial charge in [0.05, 0.1) is 18.2 Å². The molecule has 182 valence electrons. The molecule has 0 aromatic heterocycles. The number of β-amino-alcohol motifs (C(OH)–C–C–N with tert-alkyl or cyclic N) is 1. The molecule has 2 atom stereocenters. The Morgan fingerprint density at radius 3 is 2.82 bits per heavy atom. The molecular formula is C27H35N3O4. The molecule has 1 unspecified atom stereocenters. The molecular weight excluding hydrogens is 430 g/mol. The van der Waals surface area contributed by atoms with Crippen LogP contribution in [0.1, 0.15) is 34.3 Å². The number of benzene rings is 2. The average Bonchev–Trinajstić information content (AvgIpc) is 2.97. The summed E-state index contributed by atoms with van der Waals surface area (Å²) in [6.07, 6.45) is 2.71. The molecule has 0 spiro atoms. The third-order valence-electron chi connectivity index (χ3n) is 7.08. The van der Waals surface area contributed by atoms with Gasteiger partial charge in [-0.05, 0) is 56.1 Å². The fourth-order valence-electron chi connectivity index (χ4n) is 5.31. The fraction of sp³-hybridized carbons (Fsp3) is 0.519. The van der Waals surface area contributed by atoms with Crippen LogP contribution in [0.4, 0.5) is 0 Å². The number of carbonyl (C=O) groups excluding carboxylic acids is 1. The van der Waals surface area contributed by atoms with Crippen molar-refractivity contribution in [2.24, 2.45) is 0 Å². The molecule has 1 fully saturated rings. The molecule has 0 radical (unpaired) electrons. The number of piperidine rings is 1. The van der Waals surface area contributed by atoms with Gasteiger partial charge in [-0.2, -0.15) is 0 Å². The summed E-state index contributed by atoms with van der Waals surface area (Å²) >= 11 is 0. The minimum absolute atomic E-state index is 0.0977. The van der Waals surface area contributed by atoms with Crippen molar-refractivity contribution in [1.29, 1.82) is 0 Å². The number of hydrogen-bond acceptors (Lipinski definition) is 6. The lowest BCUT2D eigenvalue weighted by atomic mass is 10.00. The largest absolute Gasteiger partial charge is 0.491 e. The van der Waals surface area contributed by atoms with Crippen LogP contribution in [0.15, 0.2) is 42.5 Å². The van der Waals surface area contributed by atoms with Gasteiger partial charge in [-0.25, -0.2) is 0 Å². The Morgan fingerprint density at radius 2 is 1.97 bits per heavy atom. The van der Waals surface area contributed by atoms with E-state index in [4.69, 9.17) is 9.47 Å². The van der Waals surface area contributed by atoms with Gasteiger partial charge in [0, 0.05) is 38.8 Å². The molecule has 0 aliphatic carbocycles. The van der Waals surface area contributed by atoms with Crippen LogP contribution >= 0.6 is 0 Å². The summed E-state index contributed by atoms with van der Waals surface area (Å²) in [5, 5.41) is 10.8. The molecule has 2 aromatic rings. The molecule has 3 aliphatic heterocycles. The molecule has 0 bridgehead atoms. The summed E-state index contributed by atoms with van der Waals surface area (Å²) in [5.74, 6) is 1.21. The lowest BCUT2D eigenvalue weighted by molar-refractivity contribution is 0.0501. The van der Waals surface area contributed by atoms with Gasteiger partial charge >= 0.3 is 0 Å². The number of ether oxygens (including phenoxy) is 2. The maximum Gasteiger partial charge on any atom is 0.257 e. The molecule has 0 saturated carbocycles. The summed E-state index contributed by atoms with van der Waals surface area (Å²) < 4.78 is 12.1. The van der Waals surface area contributed by atoms with E-state index in [2.05, 4.69) is 41.1 Å². The highest BCUT2D eigenvalue weighted by atomic mass is 16.5. The summed E-state index contributed by atoms with van der Waals surface area (Å²) in [6.45, 7) is 5.48. The topological polar surface area (TPSA) is 65.5 Å². The normalized spacial score (nSPS) is 22.4. The maximum atomic E-state index is 13.2. The van der Waals surface area contributed by atoms with E-state index in [0.717, 1.165) is 51.2 Å². The second kappa shape index (κ2) is 10.3.